The Morgan fingerprint density at radius 2 is 2.03 bits per heavy atom. The van der Waals surface area contributed by atoms with E-state index >= 15 is 0 Å². The summed E-state index contributed by atoms with van der Waals surface area (Å²) in [5.41, 5.74) is 8.26. The van der Waals surface area contributed by atoms with Gasteiger partial charge in [0.2, 0.25) is 0 Å². The molecule has 2 atom stereocenters. The van der Waals surface area contributed by atoms with E-state index in [-0.39, 0.29) is 17.6 Å². The molecule has 3 aromatic heterocycles. The predicted octanol–water partition coefficient (Wildman–Crippen LogP) is 3.33. The number of halogens is 2. The quantitative estimate of drug-likeness (QED) is 0.541. The third-order valence-corrected chi connectivity index (χ3v) is 5.98. The Hall–Kier alpha value is -3.17. The summed E-state index contributed by atoms with van der Waals surface area (Å²) in [6.45, 7) is 3.96. The molecule has 1 aromatic carbocycles. The normalized spacial score (nSPS) is 18.2. The number of pyridine rings is 2. The Morgan fingerprint density at radius 3 is 2.77 bits per heavy atom. The fourth-order valence-corrected chi connectivity index (χ4v) is 4.20. The minimum Gasteiger partial charge on any atom is -0.491 e. The molecule has 1 aliphatic heterocycles. The summed E-state index contributed by atoms with van der Waals surface area (Å²) in [5, 5.41) is 8.82. The van der Waals surface area contributed by atoms with Gasteiger partial charge in [-0.25, -0.2) is 13.8 Å². The monoisotopic (exact) mass is 424 g/mol. The van der Waals surface area contributed by atoms with Gasteiger partial charge in [0.15, 0.2) is 28.9 Å². The Balaban J connectivity index is 1.59. The molecule has 7 nitrogen and oxygen atoms in total. The van der Waals surface area contributed by atoms with Crippen LogP contribution in [0.2, 0.25) is 0 Å². The lowest BCUT2D eigenvalue weighted by Gasteiger charge is -2.24. The van der Waals surface area contributed by atoms with Crippen molar-refractivity contribution in [2.24, 2.45) is 5.73 Å². The SMILES string of the molecule is COc1c(F)cc2ccc(-c3nnc4ccc([C@H](C)N5CC[C@H](N)C5)cn34)nc2c1F. The van der Waals surface area contributed by atoms with E-state index in [1.165, 1.54) is 13.2 Å². The average Bonchev–Trinajstić information content (AvgIpc) is 3.39. The third-order valence-electron chi connectivity index (χ3n) is 5.98. The van der Waals surface area contributed by atoms with Gasteiger partial charge in [-0.1, -0.05) is 12.1 Å². The minimum absolute atomic E-state index is 0.0167. The number of hydrogen-bond donors (Lipinski definition) is 1. The molecular weight excluding hydrogens is 402 g/mol. The molecule has 31 heavy (non-hydrogen) atoms. The summed E-state index contributed by atoms with van der Waals surface area (Å²) in [5.74, 6) is -1.59. The summed E-state index contributed by atoms with van der Waals surface area (Å²) in [6, 6.07) is 8.82. The van der Waals surface area contributed by atoms with Gasteiger partial charge in [-0.05, 0) is 37.1 Å². The highest BCUT2D eigenvalue weighted by Crippen LogP contribution is 2.31. The van der Waals surface area contributed by atoms with Crippen LogP contribution in [0.1, 0.15) is 24.9 Å². The van der Waals surface area contributed by atoms with Crippen molar-refractivity contribution >= 4 is 16.6 Å². The van der Waals surface area contributed by atoms with Crippen molar-refractivity contribution < 1.29 is 13.5 Å². The Morgan fingerprint density at radius 1 is 1.19 bits per heavy atom. The van der Waals surface area contributed by atoms with Crippen LogP contribution in [0, 0.1) is 11.6 Å². The van der Waals surface area contributed by atoms with Gasteiger partial charge in [0.1, 0.15) is 11.2 Å². The van der Waals surface area contributed by atoms with Crippen LogP contribution in [0.4, 0.5) is 8.78 Å². The fourth-order valence-electron chi connectivity index (χ4n) is 4.20. The standard InChI is InChI=1S/C22H22F2N6O/c1-12(29-8-7-15(25)11-29)14-4-6-18-27-28-22(30(18)10-14)17-5-3-13-9-16(23)21(31-2)19(24)20(13)26-17/h3-6,9-10,12,15H,7-8,11,25H2,1-2H3/t12-,15-/m0/s1. The highest BCUT2D eigenvalue weighted by molar-refractivity contribution is 5.83. The highest BCUT2D eigenvalue weighted by Gasteiger charge is 2.25. The van der Waals surface area contributed by atoms with E-state index in [0.717, 1.165) is 25.1 Å². The van der Waals surface area contributed by atoms with Crippen LogP contribution in [-0.4, -0.2) is 50.7 Å². The van der Waals surface area contributed by atoms with Gasteiger partial charge in [-0.15, -0.1) is 10.2 Å². The van der Waals surface area contributed by atoms with Gasteiger partial charge in [0.25, 0.3) is 0 Å². The molecule has 0 spiro atoms. The first-order valence-corrected chi connectivity index (χ1v) is 10.1. The van der Waals surface area contributed by atoms with Crippen LogP contribution < -0.4 is 10.5 Å². The molecule has 0 amide bonds. The van der Waals surface area contributed by atoms with E-state index in [1.54, 1.807) is 12.1 Å². The molecule has 0 radical (unpaired) electrons. The molecule has 0 saturated carbocycles. The lowest BCUT2D eigenvalue weighted by atomic mass is 10.1. The fraction of sp³-hybridized carbons (Fsp3) is 0.318. The van der Waals surface area contributed by atoms with Crippen molar-refractivity contribution in [2.45, 2.75) is 25.4 Å². The number of likely N-dealkylation sites (tertiary alicyclic amines) is 1. The van der Waals surface area contributed by atoms with Crippen LogP contribution in [0.5, 0.6) is 5.75 Å². The van der Waals surface area contributed by atoms with Gasteiger partial charge in [0.05, 0.1) is 7.11 Å². The number of ether oxygens (including phenoxy) is 1. The number of nitrogens with two attached hydrogens (primary N) is 1. The topological polar surface area (TPSA) is 81.6 Å². The first-order chi connectivity index (χ1) is 15.0. The smallest absolute Gasteiger partial charge is 0.194 e. The second kappa shape index (κ2) is 7.51. The first kappa shape index (κ1) is 19.8. The van der Waals surface area contributed by atoms with Crippen molar-refractivity contribution in [3.63, 3.8) is 0 Å². The van der Waals surface area contributed by atoms with Gasteiger partial charge >= 0.3 is 0 Å². The zero-order valence-electron chi connectivity index (χ0n) is 17.2. The van der Waals surface area contributed by atoms with Gasteiger partial charge in [-0.2, -0.15) is 0 Å². The van der Waals surface area contributed by atoms with Crippen LogP contribution in [-0.2, 0) is 0 Å². The maximum absolute atomic E-state index is 14.8. The minimum atomic E-state index is -0.840. The largest absolute Gasteiger partial charge is 0.491 e. The molecule has 4 aromatic rings. The molecule has 9 heteroatoms. The van der Waals surface area contributed by atoms with Crippen LogP contribution in [0.25, 0.3) is 28.1 Å². The third kappa shape index (κ3) is 3.30. The number of aromatic nitrogens is 4. The number of hydrogen-bond acceptors (Lipinski definition) is 6. The second-order valence-corrected chi connectivity index (χ2v) is 7.91. The van der Waals surface area contributed by atoms with E-state index in [1.807, 2.05) is 22.7 Å². The maximum Gasteiger partial charge on any atom is 0.194 e. The average molecular weight is 424 g/mol. The summed E-state index contributed by atoms with van der Waals surface area (Å²) in [7, 11) is 1.22. The summed E-state index contributed by atoms with van der Waals surface area (Å²) in [4.78, 5) is 6.75. The predicted molar refractivity (Wildman–Crippen MR) is 113 cm³/mol. The molecule has 160 valence electrons. The van der Waals surface area contributed by atoms with Crippen molar-refractivity contribution in [1.29, 1.82) is 0 Å². The van der Waals surface area contributed by atoms with Crippen LogP contribution in [0.3, 0.4) is 0 Å². The molecular formula is C22H22F2N6O. The lowest BCUT2D eigenvalue weighted by Crippen LogP contribution is -2.28. The molecule has 0 unspecified atom stereocenters. The summed E-state index contributed by atoms with van der Waals surface area (Å²) < 4.78 is 35.4. The lowest BCUT2D eigenvalue weighted by molar-refractivity contribution is 0.259. The van der Waals surface area contributed by atoms with E-state index in [0.29, 0.717) is 22.6 Å². The number of benzene rings is 1. The maximum atomic E-state index is 14.8. The number of fused-ring (bicyclic) bond motifs is 2. The number of rotatable bonds is 4. The number of methoxy groups -OCH3 is 1. The van der Waals surface area contributed by atoms with Gasteiger partial charge in [-0.3, -0.25) is 9.30 Å². The molecule has 1 aliphatic rings. The van der Waals surface area contributed by atoms with Crippen LogP contribution in [0.15, 0.2) is 36.5 Å². The molecule has 0 aliphatic carbocycles. The van der Waals surface area contributed by atoms with Crippen molar-refractivity contribution in [2.75, 3.05) is 20.2 Å². The molecule has 1 saturated heterocycles. The summed E-state index contributed by atoms with van der Waals surface area (Å²) >= 11 is 0. The molecule has 5 rings (SSSR count). The van der Waals surface area contributed by atoms with Gasteiger partial charge < -0.3 is 10.5 Å². The second-order valence-electron chi connectivity index (χ2n) is 7.91. The van der Waals surface area contributed by atoms with Crippen molar-refractivity contribution in [3.05, 3.63) is 53.7 Å². The molecule has 2 N–H and O–H groups in total. The zero-order chi connectivity index (χ0) is 21.7. The van der Waals surface area contributed by atoms with Crippen LogP contribution >= 0.6 is 0 Å². The summed E-state index contributed by atoms with van der Waals surface area (Å²) in [6.07, 6.45) is 2.97. The first-order valence-electron chi connectivity index (χ1n) is 10.1. The van der Waals surface area contributed by atoms with Gasteiger partial charge in [0, 0.05) is 36.8 Å². The molecule has 1 fully saturated rings. The van der Waals surface area contributed by atoms with E-state index < -0.39 is 17.4 Å². The zero-order valence-corrected chi connectivity index (χ0v) is 17.2. The van der Waals surface area contributed by atoms with E-state index in [4.69, 9.17) is 10.5 Å². The Kier molecular flexibility index (Phi) is 4.79. The Labute approximate surface area is 177 Å². The number of nitrogens with zero attached hydrogens (tertiary/aromatic N) is 5. The highest BCUT2D eigenvalue weighted by atomic mass is 19.1. The van der Waals surface area contributed by atoms with E-state index in [2.05, 4.69) is 27.0 Å². The van der Waals surface area contributed by atoms with Crippen molar-refractivity contribution in [1.82, 2.24) is 24.5 Å². The van der Waals surface area contributed by atoms with Crippen molar-refractivity contribution in [3.8, 4) is 17.3 Å². The molecule has 4 heterocycles. The Bertz CT molecular complexity index is 1290. The molecule has 0 bridgehead atoms. The van der Waals surface area contributed by atoms with E-state index in [9.17, 15) is 8.78 Å².